The molecule has 2 unspecified atom stereocenters. The third-order valence-corrected chi connectivity index (χ3v) is 4.82. The molecule has 1 aliphatic carbocycles. The molecule has 1 aliphatic rings. The van der Waals surface area contributed by atoms with Crippen LogP contribution in [0, 0.1) is 0 Å². The number of rotatable bonds is 3. The van der Waals surface area contributed by atoms with Crippen LogP contribution >= 0.6 is 22.9 Å². The number of benzene rings is 1. The molecular formula is C14H14ClNS. The number of nitrogens with two attached hydrogens (primary N) is 1. The number of hydrogen-bond donors (Lipinski definition) is 1. The van der Waals surface area contributed by atoms with E-state index in [1.165, 1.54) is 22.4 Å². The summed E-state index contributed by atoms with van der Waals surface area (Å²) < 4.78 is 0.824. The van der Waals surface area contributed by atoms with E-state index in [9.17, 15) is 0 Å². The van der Waals surface area contributed by atoms with Crippen molar-refractivity contribution in [2.75, 3.05) is 0 Å². The molecule has 2 atom stereocenters. The number of thiophene rings is 1. The summed E-state index contributed by atoms with van der Waals surface area (Å²) >= 11 is 7.53. The molecule has 3 heteroatoms. The normalized spacial score (nSPS) is 19.5. The zero-order chi connectivity index (χ0) is 11.8. The van der Waals surface area contributed by atoms with Gasteiger partial charge in [-0.25, -0.2) is 0 Å². The van der Waals surface area contributed by atoms with Crippen molar-refractivity contribution in [3.63, 3.8) is 0 Å². The lowest BCUT2D eigenvalue weighted by atomic mass is 9.74. The molecule has 3 rings (SSSR count). The molecule has 88 valence electrons. The van der Waals surface area contributed by atoms with E-state index in [4.69, 9.17) is 17.3 Å². The Kier molecular flexibility index (Phi) is 2.95. The second kappa shape index (κ2) is 4.45. The maximum Gasteiger partial charge on any atom is 0.0931 e. The summed E-state index contributed by atoms with van der Waals surface area (Å²) in [6.45, 7) is 0. The van der Waals surface area contributed by atoms with E-state index in [2.05, 4.69) is 24.3 Å². The van der Waals surface area contributed by atoms with Crippen molar-refractivity contribution in [2.45, 2.75) is 24.8 Å². The molecule has 0 bridgehead atoms. The van der Waals surface area contributed by atoms with Gasteiger partial charge in [0.25, 0.3) is 0 Å². The van der Waals surface area contributed by atoms with Gasteiger partial charge in [0.15, 0.2) is 0 Å². The van der Waals surface area contributed by atoms with Crippen LogP contribution in [0.4, 0.5) is 0 Å². The molecule has 0 radical (unpaired) electrons. The van der Waals surface area contributed by atoms with Gasteiger partial charge >= 0.3 is 0 Å². The summed E-state index contributed by atoms with van der Waals surface area (Å²) in [5.41, 5.74) is 9.19. The minimum absolute atomic E-state index is 0.117. The maximum absolute atomic E-state index is 6.23. The molecule has 2 aromatic rings. The molecule has 0 fully saturated rings. The molecule has 17 heavy (non-hydrogen) atoms. The molecular weight excluding hydrogens is 250 g/mol. The van der Waals surface area contributed by atoms with Crippen molar-refractivity contribution in [1.82, 2.24) is 0 Å². The Labute approximate surface area is 110 Å². The first-order chi connectivity index (χ1) is 8.24. The first-order valence-corrected chi connectivity index (χ1v) is 7.02. The molecule has 1 heterocycles. The Hall–Kier alpha value is -0.830. The van der Waals surface area contributed by atoms with Gasteiger partial charge in [-0.2, -0.15) is 0 Å². The van der Waals surface area contributed by atoms with Gasteiger partial charge in [-0.15, -0.1) is 11.3 Å². The predicted octanol–water partition coefficient (Wildman–Crippen LogP) is 4.13. The van der Waals surface area contributed by atoms with Gasteiger partial charge in [0.05, 0.1) is 4.34 Å². The van der Waals surface area contributed by atoms with E-state index in [1.807, 2.05) is 12.1 Å². The highest BCUT2D eigenvalue weighted by atomic mass is 35.5. The van der Waals surface area contributed by atoms with E-state index in [0.29, 0.717) is 5.92 Å². The predicted molar refractivity (Wildman–Crippen MR) is 73.8 cm³/mol. The Morgan fingerprint density at radius 2 is 2.12 bits per heavy atom. The van der Waals surface area contributed by atoms with Crippen LogP contribution in [0.2, 0.25) is 4.34 Å². The Morgan fingerprint density at radius 3 is 2.82 bits per heavy atom. The average molecular weight is 264 g/mol. The van der Waals surface area contributed by atoms with Crippen molar-refractivity contribution in [2.24, 2.45) is 5.73 Å². The highest BCUT2D eigenvalue weighted by Gasteiger charge is 2.27. The van der Waals surface area contributed by atoms with Crippen LogP contribution in [0.25, 0.3) is 0 Å². The van der Waals surface area contributed by atoms with E-state index < -0.39 is 0 Å². The largest absolute Gasteiger partial charge is 0.323 e. The fraction of sp³-hybridized carbons (Fsp3) is 0.286. The second-order valence-corrected chi connectivity index (χ2v) is 6.33. The smallest absolute Gasteiger partial charge is 0.0931 e. The lowest BCUT2D eigenvalue weighted by Crippen LogP contribution is -2.22. The van der Waals surface area contributed by atoms with Gasteiger partial charge < -0.3 is 5.73 Å². The minimum atomic E-state index is 0.117. The number of halogens is 1. The van der Waals surface area contributed by atoms with Crippen molar-refractivity contribution >= 4 is 22.9 Å². The topological polar surface area (TPSA) is 26.0 Å². The van der Waals surface area contributed by atoms with Crippen LogP contribution < -0.4 is 5.73 Å². The first-order valence-electron chi connectivity index (χ1n) is 5.82. The molecule has 0 amide bonds. The van der Waals surface area contributed by atoms with Gasteiger partial charge in [-0.3, -0.25) is 0 Å². The molecule has 0 aliphatic heterocycles. The first kappa shape index (κ1) is 11.3. The Morgan fingerprint density at radius 1 is 1.29 bits per heavy atom. The van der Waals surface area contributed by atoms with Crippen LogP contribution in [-0.4, -0.2) is 0 Å². The van der Waals surface area contributed by atoms with E-state index in [1.54, 1.807) is 11.3 Å². The van der Waals surface area contributed by atoms with Crippen molar-refractivity contribution in [3.05, 3.63) is 56.7 Å². The second-order valence-electron chi connectivity index (χ2n) is 4.58. The summed E-state index contributed by atoms with van der Waals surface area (Å²) in [5.74, 6) is 0.627. The minimum Gasteiger partial charge on any atom is -0.323 e. The van der Waals surface area contributed by atoms with E-state index >= 15 is 0 Å². The standard InChI is InChI=1S/C14H14ClNS/c15-14-6-5-13(17-14)12(16)8-10-7-9-3-1-2-4-11(9)10/h1-6,10,12H,7-8,16H2. The van der Waals surface area contributed by atoms with Gasteiger partial charge in [-0.1, -0.05) is 35.9 Å². The van der Waals surface area contributed by atoms with Crippen LogP contribution in [0.1, 0.15) is 34.4 Å². The van der Waals surface area contributed by atoms with Crippen molar-refractivity contribution < 1.29 is 0 Å². The van der Waals surface area contributed by atoms with Crippen LogP contribution in [0.5, 0.6) is 0 Å². The highest BCUT2D eigenvalue weighted by Crippen LogP contribution is 2.41. The molecule has 0 saturated carbocycles. The van der Waals surface area contributed by atoms with Crippen LogP contribution in [0.3, 0.4) is 0 Å². The molecule has 2 N–H and O–H groups in total. The molecule has 1 aromatic heterocycles. The van der Waals surface area contributed by atoms with Gasteiger partial charge in [0.1, 0.15) is 0 Å². The lowest BCUT2D eigenvalue weighted by molar-refractivity contribution is 0.502. The van der Waals surface area contributed by atoms with Crippen LogP contribution in [-0.2, 0) is 6.42 Å². The molecule has 0 spiro atoms. The van der Waals surface area contributed by atoms with E-state index in [0.717, 1.165) is 10.8 Å². The monoisotopic (exact) mass is 263 g/mol. The van der Waals surface area contributed by atoms with Crippen molar-refractivity contribution in [1.29, 1.82) is 0 Å². The fourth-order valence-electron chi connectivity index (χ4n) is 2.52. The van der Waals surface area contributed by atoms with E-state index in [-0.39, 0.29) is 6.04 Å². The van der Waals surface area contributed by atoms with Gasteiger partial charge in [0, 0.05) is 10.9 Å². The van der Waals surface area contributed by atoms with Crippen molar-refractivity contribution in [3.8, 4) is 0 Å². The third-order valence-electron chi connectivity index (χ3n) is 3.46. The quantitative estimate of drug-likeness (QED) is 0.885. The Bertz CT molecular complexity index is 535. The molecule has 1 nitrogen and oxygen atoms in total. The summed E-state index contributed by atoms with van der Waals surface area (Å²) in [6, 6.07) is 12.7. The summed E-state index contributed by atoms with van der Waals surface area (Å²) in [4.78, 5) is 1.19. The fourth-order valence-corrected chi connectivity index (χ4v) is 3.60. The zero-order valence-electron chi connectivity index (χ0n) is 9.40. The Balaban J connectivity index is 1.70. The lowest BCUT2D eigenvalue weighted by Gasteiger charge is -2.31. The zero-order valence-corrected chi connectivity index (χ0v) is 11.0. The van der Waals surface area contributed by atoms with Crippen LogP contribution in [0.15, 0.2) is 36.4 Å². The summed E-state index contributed by atoms with van der Waals surface area (Å²) in [5, 5.41) is 0. The number of fused-ring (bicyclic) bond motifs is 1. The molecule has 1 aromatic carbocycles. The van der Waals surface area contributed by atoms with Gasteiger partial charge in [-0.05, 0) is 42.0 Å². The SMILES string of the molecule is NC(CC1Cc2ccccc21)c1ccc(Cl)s1. The highest BCUT2D eigenvalue weighted by molar-refractivity contribution is 7.16. The number of hydrogen-bond acceptors (Lipinski definition) is 2. The maximum atomic E-state index is 6.23. The average Bonchev–Trinajstić information content (AvgIpc) is 2.73. The summed E-state index contributed by atoms with van der Waals surface area (Å²) in [6.07, 6.45) is 2.19. The third kappa shape index (κ3) is 2.13. The molecule has 0 saturated heterocycles. The van der Waals surface area contributed by atoms with Gasteiger partial charge in [0.2, 0.25) is 0 Å². The summed E-state index contributed by atoms with van der Waals surface area (Å²) in [7, 11) is 0.